The van der Waals surface area contributed by atoms with Gasteiger partial charge in [-0.25, -0.2) is 4.79 Å². The van der Waals surface area contributed by atoms with Crippen molar-refractivity contribution in [2.45, 2.75) is 51.8 Å². The predicted molar refractivity (Wildman–Crippen MR) is 59.9 cm³/mol. The highest BCUT2D eigenvalue weighted by Crippen LogP contribution is 2.20. The van der Waals surface area contributed by atoms with Crippen molar-refractivity contribution in [3.63, 3.8) is 0 Å². The molecule has 4 nitrogen and oxygen atoms in total. The molecule has 0 aromatic carbocycles. The molecule has 0 radical (unpaired) electrons. The fraction of sp³-hybridized carbons (Fsp3) is 0.909. The molecule has 0 bridgehead atoms. The van der Waals surface area contributed by atoms with E-state index >= 15 is 0 Å². The number of carbonyl (C=O) groups excluding carboxylic acids is 1. The van der Waals surface area contributed by atoms with Gasteiger partial charge in [-0.2, -0.15) is 0 Å². The van der Waals surface area contributed by atoms with Gasteiger partial charge in [0.2, 0.25) is 0 Å². The molecule has 0 aliphatic carbocycles. The first-order valence-electron chi connectivity index (χ1n) is 5.50. The van der Waals surface area contributed by atoms with Gasteiger partial charge in [0.1, 0.15) is 5.60 Å². The van der Waals surface area contributed by atoms with Gasteiger partial charge >= 0.3 is 6.09 Å². The third kappa shape index (κ3) is 3.38. The Balaban J connectivity index is 2.54. The third-order valence-corrected chi connectivity index (χ3v) is 2.61. The van der Waals surface area contributed by atoms with Gasteiger partial charge in [-0.05, 0) is 41.2 Å². The standard InChI is InChI=1S/C11H22N2O2/c1-8-6-9(12-5)7-13(8)10(14)15-11(2,3)4/h8-9,12H,6-7H2,1-5H3. The zero-order valence-electron chi connectivity index (χ0n) is 10.3. The summed E-state index contributed by atoms with van der Waals surface area (Å²) in [4.78, 5) is 13.6. The lowest BCUT2D eigenvalue weighted by Gasteiger charge is -2.26. The summed E-state index contributed by atoms with van der Waals surface area (Å²) in [5.74, 6) is 0. The minimum atomic E-state index is -0.408. The number of rotatable bonds is 1. The lowest BCUT2D eigenvalue weighted by Crippen LogP contribution is -2.40. The quantitative estimate of drug-likeness (QED) is 0.721. The number of hydrogen-bond acceptors (Lipinski definition) is 3. The van der Waals surface area contributed by atoms with Gasteiger partial charge in [-0.1, -0.05) is 0 Å². The van der Waals surface area contributed by atoms with E-state index in [1.165, 1.54) is 0 Å². The van der Waals surface area contributed by atoms with Crippen LogP contribution in [0.15, 0.2) is 0 Å². The van der Waals surface area contributed by atoms with Crippen LogP contribution in [0.1, 0.15) is 34.1 Å². The average Bonchev–Trinajstić information content (AvgIpc) is 2.43. The Morgan fingerprint density at radius 3 is 2.47 bits per heavy atom. The zero-order chi connectivity index (χ0) is 11.6. The molecule has 0 spiro atoms. The van der Waals surface area contributed by atoms with Crippen LogP contribution in [0.3, 0.4) is 0 Å². The molecule has 2 atom stereocenters. The van der Waals surface area contributed by atoms with Crippen molar-refractivity contribution < 1.29 is 9.53 Å². The molecule has 1 aliphatic rings. The first-order valence-corrected chi connectivity index (χ1v) is 5.50. The second kappa shape index (κ2) is 4.39. The highest BCUT2D eigenvalue weighted by molar-refractivity contribution is 5.69. The Kier molecular flexibility index (Phi) is 3.60. The molecule has 1 amide bonds. The van der Waals surface area contributed by atoms with Crippen LogP contribution in [0, 0.1) is 0 Å². The van der Waals surface area contributed by atoms with Crippen molar-refractivity contribution in [3.05, 3.63) is 0 Å². The lowest BCUT2D eigenvalue weighted by atomic mass is 10.2. The zero-order valence-corrected chi connectivity index (χ0v) is 10.3. The van der Waals surface area contributed by atoms with Gasteiger partial charge in [0.05, 0.1) is 0 Å². The Labute approximate surface area is 92.0 Å². The number of likely N-dealkylation sites (N-methyl/N-ethyl adjacent to an activating group) is 1. The molecular weight excluding hydrogens is 192 g/mol. The molecule has 0 saturated carbocycles. The largest absolute Gasteiger partial charge is 0.444 e. The number of ether oxygens (including phenoxy) is 1. The van der Waals surface area contributed by atoms with E-state index in [-0.39, 0.29) is 12.1 Å². The molecular formula is C11H22N2O2. The first-order chi connectivity index (χ1) is 6.83. The molecule has 2 unspecified atom stereocenters. The number of carbonyl (C=O) groups is 1. The predicted octanol–water partition coefficient (Wildman–Crippen LogP) is 1.60. The van der Waals surface area contributed by atoms with E-state index in [9.17, 15) is 4.79 Å². The van der Waals surface area contributed by atoms with E-state index in [4.69, 9.17) is 4.74 Å². The molecule has 1 heterocycles. The highest BCUT2D eigenvalue weighted by Gasteiger charge is 2.34. The summed E-state index contributed by atoms with van der Waals surface area (Å²) >= 11 is 0. The SMILES string of the molecule is CNC1CC(C)N(C(=O)OC(C)(C)C)C1. The maximum Gasteiger partial charge on any atom is 0.410 e. The summed E-state index contributed by atoms with van der Waals surface area (Å²) in [6.45, 7) is 8.47. The normalized spacial score (nSPS) is 26.9. The maximum atomic E-state index is 11.8. The molecule has 1 aliphatic heterocycles. The van der Waals surface area contributed by atoms with E-state index < -0.39 is 5.60 Å². The van der Waals surface area contributed by atoms with Crippen molar-refractivity contribution in [1.82, 2.24) is 10.2 Å². The number of likely N-dealkylation sites (tertiary alicyclic amines) is 1. The molecule has 1 rings (SSSR count). The van der Waals surface area contributed by atoms with E-state index in [1.54, 1.807) is 4.90 Å². The van der Waals surface area contributed by atoms with Crippen LogP contribution in [-0.4, -0.2) is 42.3 Å². The number of nitrogens with zero attached hydrogens (tertiary/aromatic N) is 1. The maximum absolute atomic E-state index is 11.8. The Bertz CT molecular complexity index is 235. The van der Waals surface area contributed by atoms with E-state index in [0.717, 1.165) is 13.0 Å². The fourth-order valence-corrected chi connectivity index (χ4v) is 1.82. The smallest absolute Gasteiger partial charge is 0.410 e. The van der Waals surface area contributed by atoms with E-state index in [1.807, 2.05) is 27.8 Å². The average molecular weight is 214 g/mol. The number of hydrogen-bond donors (Lipinski definition) is 1. The summed E-state index contributed by atoms with van der Waals surface area (Å²) in [7, 11) is 1.93. The van der Waals surface area contributed by atoms with Gasteiger partial charge in [-0.3, -0.25) is 0 Å². The molecule has 88 valence electrons. The fourth-order valence-electron chi connectivity index (χ4n) is 1.82. The third-order valence-electron chi connectivity index (χ3n) is 2.61. The molecule has 0 aromatic rings. The summed E-state index contributed by atoms with van der Waals surface area (Å²) in [6.07, 6.45) is 0.795. The summed E-state index contributed by atoms with van der Waals surface area (Å²) in [5, 5.41) is 3.19. The summed E-state index contributed by atoms with van der Waals surface area (Å²) in [5.41, 5.74) is -0.408. The van der Waals surface area contributed by atoms with Gasteiger partial charge in [0.15, 0.2) is 0 Å². The van der Waals surface area contributed by atoms with Crippen LogP contribution in [-0.2, 0) is 4.74 Å². The van der Waals surface area contributed by atoms with Crippen LogP contribution in [0.2, 0.25) is 0 Å². The van der Waals surface area contributed by atoms with Crippen LogP contribution in [0.5, 0.6) is 0 Å². The highest BCUT2D eigenvalue weighted by atomic mass is 16.6. The molecule has 0 aromatic heterocycles. The van der Waals surface area contributed by atoms with Crippen LogP contribution < -0.4 is 5.32 Å². The van der Waals surface area contributed by atoms with Crippen molar-refractivity contribution >= 4 is 6.09 Å². The topological polar surface area (TPSA) is 41.6 Å². The Morgan fingerprint density at radius 2 is 2.07 bits per heavy atom. The van der Waals surface area contributed by atoms with Gasteiger partial charge in [0, 0.05) is 18.6 Å². The van der Waals surface area contributed by atoms with Crippen molar-refractivity contribution in [3.8, 4) is 0 Å². The number of nitrogens with one attached hydrogen (secondary N) is 1. The van der Waals surface area contributed by atoms with Gasteiger partial charge in [-0.15, -0.1) is 0 Å². The van der Waals surface area contributed by atoms with Gasteiger partial charge in [0.25, 0.3) is 0 Å². The summed E-state index contributed by atoms with van der Waals surface area (Å²) in [6, 6.07) is 0.657. The van der Waals surface area contributed by atoms with Crippen LogP contribution in [0.25, 0.3) is 0 Å². The second-order valence-electron chi connectivity index (χ2n) is 5.20. The monoisotopic (exact) mass is 214 g/mol. The van der Waals surface area contributed by atoms with Crippen molar-refractivity contribution in [2.24, 2.45) is 0 Å². The van der Waals surface area contributed by atoms with Crippen LogP contribution in [0.4, 0.5) is 4.79 Å². The Morgan fingerprint density at radius 1 is 1.47 bits per heavy atom. The minimum absolute atomic E-state index is 0.201. The van der Waals surface area contributed by atoms with E-state index in [0.29, 0.717) is 6.04 Å². The van der Waals surface area contributed by atoms with Gasteiger partial charge < -0.3 is 15.0 Å². The minimum Gasteiger partial charge on any atom is -0.444 e. The number of amides is 1. The Hall–Kier alpha value is -0.770. The summed E-state index contributed by atoms with van der Waals surface area (Å²) < 4.78 is 5.34. The van der Waals surface area contributed by atoms with Crippen LogP contribution >= 0.6 is 0 Å². The molecule has 15 heavy (non-hydrogen) atoms. The second-order valence-corrected chi connectivity index (χ2v) is 5.20. The first kappa shape index (κ1) is 12.3. The molecule has 4 heteroatoms. The molecule has 1 fully saturated rings. The molecule has 1 N–H and O–H groups in total. The molecule has 1 saturated heterocycles. The lowest BCUT2D eigenvalue weighted by molar-refractivity contribution is 0.0236. The van der Waals surface area contributed by atoms with E-state index in [2.05, 4.69) is 12.2 Å². The van der Waals surface area contributed by atoms with Crippen molar-refractivity contribution in [2.75, 3.05) is 13.6 Å². The van der Waals surface area contributed by atoms with Crippen molar-refractivity contribution in [1.29, 1.82) is 0 Å².